The first kappa shape index (κ1) is 13.5. The molecule has 0 aliphatic carbocycles. The number of nitrogens with one attached hydrogen (secondary N) is 1. The van der Waals surface area contributed by atoms with Crippen LogP contribution in [0.1, 0.15) is 18.9 Å². The zero-order valence-electron chi connectivity index (χ0n) is 10.4. The largest absolute Gasteiger partial charge is 0.496 e. The van der Waals surface area contributed by atoms with Crippen LogP contribution in [-0.2, 0) is 11.2 Å². The third-order valence-corrected chi connectivity index (χ3v) is 2.47. The van der Waals surface area contributed by atoms with E-state index in [-0.39, 0.29) is 11.9 Å². The monoisotopic (exact) mass is 236 g/mol. The number of nitrogens with two attached hydrogens (primary N) is 1. The average Bonchev–Trinajstić information content (AvgIpc) is 2.29. The normalized spacial score (nSPS) is 11.9. The van der Waals surface area contributed by atoms with E-state index >= 15 is 0 Å². The molecular weight excluding hydrogens is 216 g/mol. The van der Waals surface area contributed by atoms with Crippen molar-refractivity contribution in [3.05, 3.63) is 29.8 Å². The number of hydrogen-bond acceptors (Lipinski definition) is 3. The van der Waals surface area contributed by atoms with E-state index in [0.717, 1.165) is 17.7 Å². The number of amides is 1. The maximum absolute atomic E-state index is 11.7. The maximum Gasteiger partial charge on any atom is 0.224 e. The molecule has 0 fully saturated rings. The lowest BCUT2D eigenvalue weighted by Crippen LogP contribution is -2.30. The van der Waals surface area contributed by atoms with Crippen molar-refractivity contribution >= 4 is 5.91 Å². The van der Waals surface area contributed by atoms with E-state index in [9.17, 15) is 4.79 Å². The van der Waals surface area contributed by atoms with Gasteiger partial charge in [-0.2, -0.15) is 0 Å². The number of carbonyl (C=O) groups is 1. The third kappa shape index (κ3) is 4.87. The van der Waals surface area contributed by atoms with E-state index in [4.69, 9.17) is 10.5 Å². The standard InChI is InChI=1S/C13H20N2O2/c1-10(14)7-8-15-13(16)9-11-5-3-4-6-12(11)17-2/h3-6,10H,7-9,14H2,1-2H3,(H,15,16)/t10-/m1/s1. The van der Waals surface area contributed by atoms with E-state index in [1.807, 2.05) is 31.2 Å². The molecule has 1 aromatic rings. The summed E-state index contributed by atoms with van der Waals surface area (Å²) in [5.41, 5.74) is 6.50. The number of rotatable bonds is 6. The van der Waals surface area contributed by atoms with Crippen molar-refractivity contribution in [3.63, 3.8) is 0 Å². The first-order valence-corrected chi connectivity index (χ1v) is 5.77. The van der Waals surface area contributed by atoms with Crippen molar-refractivity contribution in [1.29, 1.82) is 0 Å². The predicted molar refractivity (Wildman–Crippen MR) is 68.0 cm³/mol. The molecule has 94 valence electrons. The van der Waals surface area contributed by atoms with Crippen molar-refractivity contribution in [2.45, 2.75) is 25.8 Å². The third-order valence-electron chi connectivity index (χ3n) is 2.47. The van der Waals surface area contributed by atoms with Crippen LogP contribution in [0.2, 0.25) is 0 Å². The van der Waals surface area contributed by atoms with Crippen molar-refractivity contribution in [2.24, 2.45) is 5.73 Å². The highest BCUT2D eigenvalue weighted by Gasteiger charge is 2.07. The van der Waals surface area contributed by atoms with Gasteiger partial charge in [0.25, 0.3) is 0 Å². The highest BCUT2D eigenvalue weighted by Crippen LogP contribution is 2.17. The Morgan fingerprint density at radius 1 is 1.47 bits per heavy atom. The van der Waals surface area contributed by atoms with Gasteiger partial charge in [-0.15, -0.1) is 0 Å². The Bertz CT molecular complexity index is 364. The Morgan fingerprint density at radius 2 is 2.18 bits per heavy atom. The van der Waals surface area contributed by atoms with Gasteiger partial charge in [-0.05, 0) is 19.4 Å². The number of benzene rings is 1. The van der Waals surface area contributed by atoms with E-state index in [1.54, 1.807) is 7.11 Å². The molecule has 0 aliphatic rings. The second-order valence-electron chi connectivity index (χ2n) is 4.10. The van der Waals surface area contributed by atoms with Crippen LogP contribution >= 0.6 is 0 Å². The number of methoxy groups -OCH3 is 1. The summed E-state index contributed by atoms with van der Waals surface area (Å²) < 4.78 is 5.19. The van der Waals surface area contributed by atoms with Gasteiger partial charge in [0, 0.05) is 18.2 Å². The van der Waals surface area contributed by atoms with Crippen LogP contribution in [0.3, 0.4) is 0 Å². The van der Waals surface area contributed by atoms with Gasteiger partial charge in [-0.3, -0.25) is 4.79 Å². The summed E-state index contributed by atoms with van der Waals surface area (Å²) in [5.74, 6) is 0.741. The average molecular weight is 236 g/mol. The van der Waals surface area contributed by atoms with Gasteiger partial charge in [0.2, 0.25) is 5.91 Å². The Labute approximate surface area is 102 Å². The van der Waals surface area contributed by atoms with Gasteiger partial charge in [0.05, 0.1) is 13.5 Å². The SMILES string of the molecule is COc1ccccc1CC(=O)NCC[C@@H](C)N. The Hall–Kier alpha value is -1.55. The fourth-order valence-electron chi connectivity index (χ4n) is 1.52. The second-order valence-corrected chi connectivity index (χ2v) is 4.10. The van der Waals surface area contributed by atoms with Crippen LogP contribution in [-0.4, -0.2) is 25.6 Å². The lowest BCUT2D eigenvalue weighted by Gasteiger charge is -2.09. The Morgan fingerprint density at radius 3 is 2.82 bits per heavy atom. The van der Waals surface area contributed by atoms with Crippen LogP contribution in [0.25, 0.3) is 0 Å². The lowest BCUT2D eigenvalue weighted by atomic mass is 10.1. The van der Waals surface area contributed by atoms with Crippen LogP contribution < -0.4 is 15.8 Å². The molecule has 1 rings (SSSR count). The molecule has 0 aliphatic heterocycles. The molecule has 0 spiro atoms. The number of hydrogen-bond donors (Lipinski definition) is 2. The van der Waals surface area contributed by atoms with Crippen LogP contribution in [0.5, 0.6) is 5.75 Å². The quantitative estimate of drug-likeness (QED) is 0.777. The van der Waals surface area contributed by atoms with E-state index < -0.39 is 0 Å². The molecule has 1 amide bonds. The van der Waals surface area contributed by atoms with Crippen molar-refractivity contribution in [3.8, 4) is 5.75 Å². The van der Waals surface area contributed by atoms with E-state index in [2.05, 4.69) is 5.32 Å². The topological polar surface area (TPSA) is 64.3 Å². The van der Waals surface area contributed by atoms with Gasteiger partial charge >= 0.3 is 0 Å². The summed E-state index contributed by atoms with van der Waals surface area (Å²) in [7, 11) is 1.60. The van der Waals surface area contributed by atoms with Gasteiger partial charge < -0.3 is 15.8 Å². The molecule has 3 N–H and O–H groups in total. The van der Waals surface area contributed by atoms with E-state index in [1.165, 1.54) is 0 Å². The highest BCUT2D eigenvalue weighted by atomic mass is 16.5. The van der Waals surface area contributed by atoms with Crippen molar-refractivity contribution in [2.75, 3.05) is 13.7 Å². The first-order valence-electron chi connectivity index (χ1n) is 5.77. The van der Waals surface area contributed by atoms with Crippen molar-refractivity contribution < 1.29 is 9.53 Å². The Balaban J connectivity index is 2.45. The minimum atomic E-state index is -0.00449. The minimum absolute atomic E-state index is 0.00449. The number of para-hydroxylation sites is 1. The molecule has 1 atom stereocenters. The Kier molecular flexibility index (Phi) is 5.49. The molecule has 17 heavy (non-hydrogen) atoms. The molecule has 4 heteroatoms. The fourth-order valence-corrected chi connectivity index (χ4v) is 1.52. The zero-order valence-corrected chi connectivity index (χ0v) is 10.4. The molecule has 0 radical (unpaired) electrons. The van der Waals surface area contributed by atoms with Gasteiger partial charge in [-0.1, -0.05) is 18.2 Å². The minimum Gasteiger partial charge on any atom is -0.496 e. The van der Waals surface area contributed by atoms with Crippen LogP contribution in [0.4, 0.5) is 0 Å². The second kappa shape index (κ2) is 6.91. The van der Waals surface area contributed by atoms with Crippen molar-refractivity contribution in [1.82, 2.24) is 5.32 Å². The molecule has 0 unspecified atom stereocenters. The summed E-state index contributed by atoms with van der Waals surface area (Å²) in [6, 6.07) is 7.64. The predicted octanol–water partition coefficient (Wildman–Crippen LogP) is 1.09. The molecule has 0 heterocycles. The molecular formula is C13H20N2O2. The summed E-state index contributed by atoms with van der Waals surface area (Å²) in [4.78, 5) is 11.7. The molecule has 1 aromatic carbocycles. The van der Waals surface area contributed by atoms with Crippen LogP contribution in [0.15, 0.2) is 24.3 Å². The summed E-state index contributed by atoms with van der Waals surface area (Å²) in [6.07, 6.45) is 1.13. The summed E-state index contributed by atoms with van der Waals surface area (Å²) in [5, 5.41) is 2.84. The molecule has 4 nitrogen and oxygen atoms in total. The number of ether oxygens (including phenoxy) is 1. The number of carbonyl (C=O) groups excluding carboxylic acids is 1. The zero-order chi connectivity index (χ0) is 12.7. The maximum atomic E-state index is 11.7. The summed E-state index contributed by atoms with van der Waals surface area (Å²) >= 11 is 0. The van der Waals surface area contributed by atoms with Gasteiger partial charge in [0.15, 0.2) is 0 Å². The van der Waals surface area contributed by atoms with Crippen LogP contribution in [0, 0.1) is 0 Å². The molecule has 0 saturated carbocycles. The summed E-state index contributed by atoms with van der Waals surface area (Å²) in [6.45, 7) is 2.54. The highest BCUT2D eigenvalue weighted by molar-refractivity contribution is 5.79. The van der Waals surface area contributed by atoms with Gasteiger partial charge in [0.1, 0.15) is 5.75 Å². The molecule has 0 aromatic heterocycles. The van der Waals surface area contributed by atoms with Gasteiger partial charge in [-0.25, -0.2) is 0 Å². The smallest absolute Gasteiger partial charge is 0.224 e. The molecule has 0 bridgehead atoms. The fraction of sp³-hybridized carbons (Fsp3) is 0.462. The lowest BCUT2D eigenvalue weighted by molar-refractivity contribution is -0.120. The molecule has 0 saturated heterocycles. The first-order chi connectivity index (χ1) is 8.13. The van der Waals surface area contributed by atoms with E-state index in [0.29, 0.717) is 13.0 Å².